The van der Waals surface area contributed by atoms with Crippen LogP contribution >= 0.6 is 0 Å². The Morgan fingerprint density at radius 3 is 0.941 bits per heavy atom. The van der Waals surface area contributed by atoms with Crippen LogP contribution in [0.3, 0.4) is 0 Å². The number of carbonyl (C=O) groups is 3. The van der Waals surface area contributed by atoms with Crippen LogP contribution in [0, 0.1) is 0 Å². The second kappa shape index (κ2) is 41.8. The Balaban J connectivity index is 0.889. The highest BCUT2D eigenvalue weighted by atomic mass is 16.8. The fraction of sp³-hybridized carbons (Fsp3) is 0.955. The first kappa shape index (κ1) is 96.8. The highest BCUT2D eigenvalue weighted by molar-refractivity contribution is 5.74. The molecule has 52 heteroatoms. The molecule has 684 valence electrons. The fourth-order valence-corrected chi connectivity index (χ4v) is 15.4. The quantitative estimate of drug-likeness (QED) is 0.0331. The molecule has 1 unspecified atom stereocenters. The third-order valence-electron chi connectivity index (χ3n) is 22.0. The van der Waals surface area contributed by atoms with Gasteiger partial charge in [-0.1, -0.05) is 0 Å². The van der Waals surface area contributed by atoms with E-state index in [9.17, 15) is 152 Å². The minimum atomic E-state index is -2.44. The van der Waals surface area contributed by atoms with Gasteiger partial charge in [0.15, 0.2) is 62.9 Å². The average Bonchev–Trinajstić information content (AvgIpc) is 0.770. The van der Waals surface area contributed by atoms with Crippen molar-refractivity contribution in [3.05, 3.63) is 0 Å². The summed E-state index contributed by atoms with van der Waals surface area (Å²) in [5.74, 6) is -2.87. The Kier molecular flexibility index (Phi) is 34.3. The van der Waals surface area contributed by atoms with Crippen LogP contribution in [0.2, 0.25) is 0 Å². The van der Waals surface area contributed by atoms with Gasteiger partial charge in [0.1, 0.15) is 232 Å². The van der Waals surface area contributed by atoms with E-state index in [2.05, 4.69) is 16.0 Å². The minimum Gasteiger partial charge on any atom is -0.394 e. The van der Waals surface area contributed by atoms with Crippen LogP contribution < -0.4 is 16.0 Å². The maximum atomic E-state index is 13.2. The molecule has 10 fully saturated rings. The molecule has 118 heavy (non-hydrogen) atoms. The van der Waals surface area contributed by atoms with E-state index in [1.54, 1.807) is 0 Å². The number of hydrogen-bond acceptors (Lipinski definition) is 49. The van der Waals surface area contributed by atoms with Crippen molar-refractivity contribution in [1.29, 1.82) is 0 Å². The summed E-state index contributed by atoms with van der Waals surface area (Å²) in [6.45, 7) is -3.47. The Morgan fingerprint density at radius 2 is 0.517 bits per heavy atom. The molecule has 10 rings (SSSR count). The van der Waals surface area contributed by atoms with E-state index >= 15 is 0 Å². The van der Waals surface area contributed by atoms with Crippen LogP contribution in [0.5, 0.6) is 0 Å². The molecule has 30 N–H and O–H groups in total. The van der Waals surface area contributed by atoms with Crippen molar-refractivity contribution in [3.8, 4) is 0 Å². The van der Waals surface area contributed by atoms with Gasteiger partial charge in [0, 0.05) is 20.8 Å². The van der Waals surface area contributed by atoms with Gasteiger partial charge >= 0.3 is 0 Å². The normalized spacial score (nSPS) is 51.1. The van der Waals surface area contributed by atoms with E-state index in [1.807, 2.05) is 0 Å². The molecule has 0 aliphatic carbocycles. The summed E-state index contributed by atoms with van der Waals surface area (Å²) in [4.78, 5) is 39.3. The van der Waals surface area contributed by atoms with Crippen molar-refractivity contribution >= 4 is 17.7 Å². The first-order chi connectivity index (χ1) is 55.8. The summed E-state index contributed by atoms with van der Waals surface area (Å²) in [6, 6.07) is -5.82. The molecule has 0 bridgehead atoms. The first-order valence-corrected chi connectivity index (χ1v) is 37.9. The SMILES string of the molecule is CC(=O)N[C@H]1[C@H](OC[C@H]2O[C@@H](O[C@H]3[C@H](O)[C@@H](O)C(O)O[C@@H]3CO)[C@H](O)[C@@H](O[C@@H]3O[C@H](CO)[C@@H](O)[C@H](O[C@@H]4O[C@H](CO)[C@H](O)[C@H](O)[C@H]4O[C@@H]4O[C@@H](C)[C@@H](O)[C@@H](O)[C@@H]4O)[C@H]3NC(C)=O)[C@H]2O)O[C@H](CO)[C@@H](O[C@@H]2O[C@H](CO)[C@H](O)[C@H](O[C@@H]3O[C@H](CO)[C@@H](O[C@@H]4O[C@H](CO)[C@H](O)[C@H](O)[C@H]4O[C@@H]4O[C@@H](C)[C@@H](O)[C@@H](O)[C@@H]4O)[C@H](O)[C@H]3NC(C)=O)[C@H]2O)[C@@H]1O. The largest absolute Gasteiger partial charge is 0.394 e. The van der Waals surface area contributed by atoms with Crippen LogP contribution in [0.1, 0.15) is 34.6 Å². The van der Waals surface area contributed by atoms with Gasteiger partial charge in [-0.25, -0.2) is 0 Å². The lowest BCUT2D eigenvalue weighted by Crippen LogP contribution is -2.71. The van der Waals surface area contributed by atoms with Crippen molar-refractivity contribution in [2.45, 2.75) is 341 Å². The molecule has 10 aliphatic rings. The van der Waals surface area contributed by atoms with Gasteiger partial charge in [0.25, 0.3) is 0 Å². The van der Waals surface area contributed by atoms with E-state index < -0.39 is 377 Å². The maximum Gasteiger partial charge on any atom is 0.217 e. The zero-order valence-corrected chi connectivity index (χ0v) is 63.6. The number of amides is 3. The van der Waals surface area contributed by atoms with Gasteiger partial charge in [-0.2, -0.15) is 0 Å². The predicted octanol–water partition coefficient (Wildman–Crippen LogP) is -20.3. The summed E-state index contributed by atoms with van der Waals surface area (Å²) in [5, 5.41) is 306. The summed E-state index contributed by atoms with van der Waals surface area (Å²) >= 11 is 0. The monoisotopic (exact) mass is 1730 g/mol. The van der Waals surface area contributed by atoms with Crippen molar-refractivity contribution in [1.82, 2.24) is 16.0 Å². The van der Waals surface area contributed by atoms with Gasteiger partial charge in [-0.15, -0.1) is 0 Å². The molecule has 0 aromatic heterocycles. The lowest BCUT2D eigenvalue weighted by molar-refractivity contribution is -0.392. The molecule has 0 saturated carbocycles. The summed E-state index contributed by atoms with van der Waals surface area (Å²) < 4.78 is 112. The van der Waals surface area contributed by atoms with Crippen molar-refractivity contribution in [2.75, 3.05) is 52.9 Å². The molecule has 0 aromatic rings. The topological polar surface area (TPSA) is 809 Å². The third kappa shape index (κ3) is 20.8. The predicted molar refractivity (Wildman–Crippen MR) is 362 cm³/mol. The molecule has 10 heterocycles. The van der Waals surface area contributed by atoms with Gasteiger partial charge in [-0.05, 0) is 13.8 Å². The summed E-state index contributed by atoms with van der Waals surface area (Å²) in [7, 11) is 0. The highest BCUT2D eigenvalue weighted by Gasteiger charge is 2.62. The molecule has 3 amide bonds. The Labute approximate surface area is 668 Å². The molecule has 0 radical (unpaired) electrons. The highest BCUT2D eigenvalue weighted by Crippen LogP contribution is 2.41. The van der Waals surface area contributed by atoms with Crippen LogP contribution in [-0.4, -0.2) is 515 Å². The smallest absolute Gasteiger partial charge is 0.217 e. The lowest BCUT2D eigenvalue weighted by Gasteiger charge is -2.51. The van der Waals surface area contributed by atoms with E-state index in [-0.39, 0.29) is 0 Å². The van der Waals surface area contributed by atoms with Gasteiger partial charge < -0.3 is 244 Å². The number of ether oxygens (including phenoxy) is 19. The zero-order valence-electron chi connectivity index (χ0n) is 63.6. The van der Waals surface area contributed by atoms with Gasteiger partial charge in [-0.3, -0.25) is 14.4 Å². The minimum absolute atomic E-state index is 0.928. The third-order valence-corrected chi connectivity index (χ3v) is 22.0. The zero-order chi connectivity index (χ0) is 86.8. The Bertz CT molecular complexity index is 3140. The molecule has 52 nitrogen and oxygen atoms in total. The molecule has 0 aromatic carbocycles. The van der Waals surface area contributed by atoms with Crippen molar-refractivity contribution in [2.24, 2.45) is 0 Å². The van der Waals surface area contributed by atoms with Crippen LogP contribution in [0.25, 0.3) is 0 Å². The van der Waals surface area contributed by atoms with Crippen molar-refractivity contribution < 1.29 is 242 Å². The molecule has 10 aliphatic heterocycles. The fourth-order valence-electron chi connectivity index (χ4n) is 15.4. The van der Waals surface area contributed by atoms with Crippen LogP contribution in [-0.2, 0) is 104 Å². The number of aliphatic hydroxyl groups excluding tert-OH is 27. The molecular weight excluding hydrogens is 1620 g/mol. The van der Waals surface area contributed by atoms with Gasteiger partial charge in [0.05, 0.1) is 65.1 Å². The number of hydrogen-bond donors (Lipinski definition) is 30. The molecule has 0 spiro atoms. The lowest BCUT2D eigenvalue weighted by atomic mass is 9.94. The average molecular weight is 1730 g/mol. The second-order valence-electron chi connectivity index (χ2n) is 30.2. The van der Waals surface area contributed by atoms with Crippen molar-refractivity contribution in [3.63, 3.8) is 0 Å². The van der Waals surface area contributed by atoms with E-state index in [0.29, 0.717) is 0 Å². The summed E-state index contributed by atoms with van der Waals surface area (Å²) in [6.07, 6.45) is -94.7. The number of aliphatic hydroxyl groups is 27. The van der Waals surface area contributed by atoms with Gasteiger partial charge in [0.2, 0.25) is 17.7 Å². The number of rotatable bonds is 29. The second-order valence-corrected chi connectivity index (χ2v) is 30.2. The Morgan fingerprint density at radius 1 is 0.237 bits per heavy atom. The Hall–Kier alpha value is -3.43. The first-order valence-electron chi connectivity index (χ1n) is 37.9. The van der Waals surface area contributed by atoms with Crippen LogP contribution in [0.4, 0.5) is 0 Å². The number of nitrogens with one attached hydrogen (secondary N) is 3. The molecular formula is C66H111N3O49. The van der Waals surface area contributed by atoms with E-state index in [1.165, 1.54) is 13.8 Å². The number of carbonyl (C=O) groups excluding carboxylic acids is 3. The maximum absolute atomic E-state index is 13.2. The van der Waals surface area contributed by atoms with Crippen LogP contribution in [0.15, 0.2) is 0 Å². The molecule has 50 atom stereocenters. The van der Waals surface area contributed by atoms with E-state index in [0.717, 1.165) is 20.8 Å². The standard InChI is InChI=1S/C66H111N3O49/c1-14-30(80)39(89)45(95)61(101-14)117-55-41(91)32(82)19(6-70)106-65(55)113-50-25(12-76)109-59(28(38(50)88)68-17(4)78)115-53-35(85)22(9-73)105-63(47(53)97)111-49-24(11-75)108-58(27(37(49)87)67-16(3)77)100-13-26-36(86)54(48(98)64(110-26)112-51-23(10-74)103-57(99)44(94)43(51)93)116-60-29(69-18(5)79)52(34(84)21(8-72)104-60)114-66-56(42(92)33(83)20(7-71)107-66)118-62-46(96)40(90)31(81)15(2)102-62/h14-15,19-66,70-76,80-99H,6-13H2,1-5H3,(H,67,77)(H,68,78)(H,69,79)/t14-,15-,19+,20+,21+,22+,23+,24+,25+,26+,27+,28+,29+,30+,31+,32-,33-,34+,35-,36-,37+,38+,39+,40+,41-,42-,43+,44+,45-,46-,47+,48+,49+,50+,51+,52+,53-,54-,55+,56+,57?,58+,59-,60-,61-,62-,63-,64-,65-,66-/m0/s1. The molecule has 10 saturated heterocycles. The summed E-state index contributed by atoms with van der Waals surface area (Å²) in [5.41, 5.74) is 0. The van der Waals surface area contributed by atoms with E-state index in [4.69, 9.17) is 90.0 Å².